The zero-order chi connectivity index (χ0) is 12.0. The molecule has 2 heterocycles. The second-order valence-electron chi connectivity index (χ2n) is 3.83. The van der Waals surface area contributed by atoms with Crippen LogP contribution >= 0.6 is 0 Å². The maximum Gasteiger partial charge on any atom is 0.298 e. The molecule has 1 N–H and O–H groups in total. The van der Waals surface area contributed by atoms with E-state index >= 15 is 0 Å². The van der Waals surface area contributed by atoms with Crippen molar-refractivity contribution in [3.8, 4) is 0 Å². The number of imide groups is 1. The first-order chi connectivity index (χ1) is 8.20. The molecular formula is C11H8N2O4. The number of rotatable bonds is 1. The third kappa shape index (κ3) is 1.27. The molecule has 0 bridgehead atoms. The number of carbonyl (C=O) groups is 2. The van der Waals surface area contributed by atoms with Crippen molar-refractivity contribution in [1.29, 1.82) is 0 Å². The largest absolute Gasteiger partial charge is 0.381 e. The molecule has 2 aliphatic heterocycles. The van der Waals surface area contributed by atoms with Gasteiger partial charge in [0.25, 0.3) is 11.8 Å². The van der Waals surface area contributed by atoms with Gasteiger partial charge in [-0.15, -0.1) is 0 Å². The second kappa shape index (κ2) is 3.39. The lowest BCUT2D eigenvalue weighted by atomic mass is 9.94. The first-order valence-corrected chi connectivity index (χ1v) is 5.06. The summed E-state index contributed by atoms with van der Waals surface area (Å²) < 4.78 is 0. The number of hydrogen-bond acceptors (Lipinski definition) is 5. The third-order valence-corrected chi connectivity index (χ3v) is 2.86. The summed E-state index contributed by atoms with van der Waals surface area (Å²) in [5.74, 6) is -2.30. The predicted octanol–water partition coefficient (Wildman–Crippen LogP) is 0.164. The summed E-state index contributed by atoms with van der Waals surface area (Å²) in [4.78, 5) is 28.0. The Bertz CT molecular complexity index is 526. The number of oxime groups is 1. The van der Waals surface area contributed by atoms with Crippen LogP contribution < -0.4 is 0 Å². The summed E-state index contributed by atoms with van der Waals surface area (Å²) in [5.41, 5.74) is 1.09. The van der Waals surface area contributed by atoms with Crippen LogP contribution in [0.2, 0.25) is 0 Å². The van der Waals surface area contributed by atoms with E-state index < -0.39 is 23.8 Å². The van der Waals surface area contributed by atoms with Crippen molar-refractivity contribution in [2.45, 2.75) is 6.10 Å². The van der Waals surface area contributed by atoms with Crippen molar-refractivity contribution >= 4 is 17.5 Å². The Balaban J connectivity index is 2.01. The van der Waals surface area contributed by atoms with Crippen molar-refractivity contribution in [2.75, 3.05) is 0 Å². The van der Waals surface area contributed by atoms with E-state index in [-0.39, 0.29) is 5.06 Å². The van der Waals surface area contributed by atoms with E-state index in [1.165, 1.54) is 0 Å². The maximum absolute atomic E-state index is 11.7. The fourth-order valence-corrected chi connectivity index (χ4v) is 2.01. The molecule has 2 amide bonds. The van der Waals surface area contributed by atoms with Crippen LogP contribution in [0.4, 0.5) is 0 Å². The van der Waals surface area contributed by atoms with Gasteiger partial charge in [-0.2, -0.15) is 5.06 Å². The minimum atomic E-state index is -1.03. The minimum Gasteiger partial charge on any atom is -0.381 e. The highest BCUT2D eigenvalue weighted by Gasteiger charge is 2.55. The average Bonchev–Trinajstić information content (AvgIpc) is 2.88. The smallest absolute Gasteiger partial charge is 0.298 e. The molecule has 6 nitrogen and oxygen atoms in total. The summed E-state index contributed by atoms with van der Waals surface area (Å²) in [6, 6.07) is 8.95. The van der Waals surface area contributed by atoms with Crippen molar-refractivity contribution in [1.82, 2.24) is 5.06 Å². The summed E-state index contributed by atoms with van der Waals surface area (Å²) in [5, 5.41) is 13.1. The van der Waals surface area contributed by atoms with Gasteiger partial charge in [-0.3, -0.25) is 14.8 Å². The van der Waals surface area contributed by atoms with Crippen molar-refractivity contribution in [2.24, 2.45) is 11.1 Å². The summed E-state index contributed by atoms with van der Waals surface area (Å²) in [6.45, 7) is 0. The standard InChI is InChI=1S/C11H8N2O4/c14-10-7-8(6-4-2-1-3-5-6)12-17-9(7)11(15)13(10)16/h1-5,7,9,16H/t7-,9+/m0/s1. The molecule has 1 aromatic rings. The van der Waals surface area contributed by atoms with E-state index in [4.69, 9.17) is 4.84 Å². The van der Waals surface area contributed by atoms with Gasteiger partial charge in [-0.05, 0) is 0 Å². The van der Waals surface area contributed by atoms with Gasteiger partial charge in [-0.1, -0.05) is 35.5 Å². The molecule has 0 spiro atoms. The molecule has 1 saturated heterocycles. The Kier molecular flexibility index (Phi) is 1.99. The van der Waals surface area contributed by atoms with Crippen LogP contribution in [0.3, 0.4) is 0 Å². The first kappa shape index (κ1) is 9.98. The SMILES string of the molecule is O=C1[C@H]2C(c3ccccc3)=NO[C@H]2C(=O)N1O. The topological polar surface area (TPSA) is 79.2 Å². The number of amides is 2. The van der Waals surface area contributed by atoms with Crippen LogP contribution in [-0.4, -0.2) is 33.9 Å². The number of fused-ring (bicyclic) bond motifs is 1. The predicted molar refractivity (Wildman–Crippen MR) is 55.0 cm³/mol. The molecule has 0 unspecified atom stereocenters. The molecule has 0 aromatic heterocycles. The second-order valence-corrected chi connectivity index (χ2v) is 3.83. The molecule has 2 aliphatic rings. The number of nitrogens with zero attached hydrogens (tertiary/aromatic N) is 2. The molecule has 2 atom stereocenters. The normalized spacial score (nSPS) is 26.9. The molecule has 17 heavy (non-hydrogen) atoms. The van der Waals surface area contributed by atoms with E-state index in [1.54, 1.807) is 24.3 Å². The van der Waals surface area contributed by atoms with Gasteiger partial charge in [0.2, 0.25) is 6.10 Å². The molecule has 6 heteroatoms. The van der Waals surface area contributed by atoms with Gasteiger partial charge in [0.1, 0.15) is 11.6 Å². The zero-order valence-electron chi connectivity index (χ0n) is 8.61. The quantitative estimate of drug-likeness (QED) is 0.552. The fraction of sp³-hybridized carbons (Fsp3) is 0.182. The van der Waals surface area contributed by atoms with Gasteiger partial charge >= 0.3 is 0 Å². The van der Waals surface area contributed by atoms with E-state index in [1.807, 2.05) is 6.07 Å². The van der Waals surface area contributed by atoms with E-state index in [0.29, 0.717) is 11.3 Å². The fourth-order valence-electron chi connectivity index (χ4n) is 2.01. The molecule has 1 fully saturated rings. The van der Waals surface area contributed by atoms with Crippen molar-refractivity contribution in [3.63, 3.8) is 0 Å². The third-order valence-electron chi connectivity index (χ3n) is 2.86. The molecule has 0 radical (unpaired) electrons. The number of carbonyl (C=O) groups excluding carboxylic acids is 2. The maximum atomic E-state index is 11.7. The highest BCUT2D eigenvalue weighted by atomic mass is 16.7. The van der Waals surface area contributed by atoms with Gasteiger partial charge < -0.3 is 4.84 Å². The molecule has 0 saturated carbocycles. The summed E-state index contributed by atoms with van der Waals surface area (Å²) in [7, 11) is 0. The minimum absolute atomic E-state index is 0.104. The van der Waals surface area contributed by atoms with Crippen molar-refractivity contribution < 1.29 is 19.6 Å². The Morgan fingerprint density at radius 1 is 1.18 bits per heavy atom. The van der Waals surface area contributed by atoms with Crippen LogP contribution in [0.1, 0.15) is 5.56 Å². The number of hydrogen-bond donors (Lipinski definition) is 1. The van der Waals surface area contributed by atoms with Gasteiger partial charge in [0.15, 0.2) is 0 Å². The van der Waals surface area contributed by atoms with Gasteiger partial charge in [-0.25, -0.2) is 0 Å². The number of benzene rings is 1. The van der Waals surface area contributed by atoms with Crippen LogP contribution in [0.25, 0.3) is 0 Å². The molecule has 3 rings (SSSR count). The molecule has 1 aromatic carbocycles. The lowest BCUT2D eigenvalue weighted by Gasteiger charge is -2.06. The summed E-state index contributed by atoms with van der Waals surface area (Å²) >= 11 is 0. The highest BCUT2D eigenvalue weighted by molar-refractivity contribution is 6.22. The Labute approximate surface area is 96.0 Å². The Morgan fingerprint density at radius 3 is 2.59 bits per heavy atom. The van der Waals surface area contributed by atoms with Crippen LogP contribution in [0.15, 0.2) is 35.5 Å². The number of hydroxylamine groups is 2. The average molecular weight is 232 g/mol. The first-order valence-electron chi connectivity index (χ1n) is 5.06. The van der Waals surface area contributed by atoms with E-state index in [0.717, 1.165) is 0 Å². The lowest BCUT2D eigenvalue weighted by molar-refractivity contribution is -0.174. The molecule has 0 aliphatic carbocycles. The summed E-state index contributed by atoms with van der Waals surface area (Å²) in [6.07, 6.45) is -1.03. The van der Waals surface area contributed by atoms with Crippen LogP contribution in [0.5, 0.6) is 0 Å². The van der Waals surface area contributed by atoms with Crippen LogP contribution in [0, 0.1) is 5.92 Å². The Hall–Kier alpha value is -2.21. The molecular weight excluding hydrogens is 224 g/mol. The Morgan fingerprint density at radius 2 is 1.88 bits per heavy atom. The van der Waals surface area contributed by atoms with E-state index in [9.17, 15) is 14.8 Å². The van der Waals surface area contributed by atoms with Gasteiger partial charge in [0.05, 0.1) is 0 Å². The van der Waals surface area contributed by atoms with E-state index in [2.05, 4.69) is 5.16 Å². The van der Waals surface area contributed by atoms with Crippen molar-refractivity contribution in [3.05, 3.63) is 35.9 Å². The van der Waals surface area contributed by atoms with Crippen LogP contribution in [-0.2, 0) is 14.4 Å². The monoisotopic (exact) mass is 232 g/mol. The highest BCUT2D eigenvalue weighted by Crippen LogP contribution is 2.31. The lowest BCUT2D eigenvalue weighted by Crippen LogP contribution is -2.29. The van der Waals surface area contributed by atoms with Gasteiger partial charge in [0, 0.05) is 5.56 Å². The zero-order valence-corrected chi connectivity index (χ0v) is 8.61. The molecule has 86 valence electrons.